The lowest BCUT2D eigenvalue weighted by Crippen LogP contribution is -2.13. The highest BCUT2D eigenvalue weighted by Crippen LogP contribution is 2.29. The van der Waals surface area contributed by atoms with Crippen molar-refractivity contribution in [1.29, 1.82) is 0 Å². The number of esters is 1. The van der Waals surface area contributed by atoms with Crippen molar-refractivity contribution < 1.29 is 24.2 Å². The highest BCUT2D eigenvalue weighted by Gasteiger charge is 2.15. The van der Waals surface area contributed by atoms with Gasteiger partial charge in [0.15, 0.2) is 0 Å². The maximum Gasteiger partial charge on any atom is 0.378 e. The van der Waals surface area contributed by atoms with Gasteiger partial charge in [0.1, 0.15) is 11.5 Å². The molecule has 0 heterocycles. The topological polar surface area (TPSA) is 72.8 Å². The van der Waals surface area contributed by atoms with E-state index in [1.165, 1.54) is 0 Å². The molecular formula is C16H20O5. The molecule has 5 nitrogen and oxygen atoms in total. The number of ketones is 1. The Balaban J connectivity index is 3.14. The van der Waals surface area contributed by atoms with Crippen molar-refractivity contribution in [2.24, 2.45) is 0 Å². The summed E-state index contributed by atoms with van der Waals surface area (Å²) in [5.41, 5.74) is 1.36. The molecule has 0 spiro atoms. The number of benzene rings is 1. The number of carbonyl (C=O) groups excluding carboxylic acids is 2. The predicted molar refractivity (Wildman–Crippen MR) is 79.3 cm³/mol. The molecule has 0 saturated heterocycles. The van der Waals surface area contributed by atoms with Gasteiger partial charge >= 0.3 is 5.97 Å². The summed E-state index contributed by atoms with van der Waals surface area (Å²) in [5.74, 6) is -1.28. The molecule has 5 heteroatoms. The first-order valence-electron chi connectivity index (χ1n) is 6.70. The van der Waals surface area contributed by atoms with Crippen molar-refractivity contribution in [2.75, 3.05) is 13.7 Å². The van der Waals surface area contributed by atoms with Crippen LogP contribution in [0.25, 0.3) is 5.76 Å². The molecule has 0 aliphatic carbocycles. The fourth-order valence-corrected chi connectivity index (χ4v) is 1.81. The Morgan fingerprint density at radius 3 is 2.52 bits per heavy atom. The van der Waals surface area contributed by atoms with Gasteiger partial charge in [-0.25, -0.2) is 4.79 Å². The van der Waals surface area contributed by atoms with Gasteiger partial charge in [0.2, 0.25) is 0 Å². The van der Waals surface area contributed by atoms with E-state index in [0.29, 0.717) is 12.2 Å². The molecule has 1 N–H and O–H groups in total. The Morgan fingerprint density at radius 1 is 1.33 bits per heavy atom. The third-order valence-electron chi connectivity index (χ3n) is 2.88. The number of aliphatic hydroxyl groups is 1. The van der Waals surface area contributed by atoms with E-state index in [2.05, 4.69) is 4.74 Å². The van der Waals surface area contributed by atoms with Crippen molar-refractivity contribution >= 4 is 17.5 Å². The Kier molecular flexibility index (Phi) is 5.96. The first-order valence-corrected chi connectivity index (χ1v) is 6.70. The summed E-state index contributed by atoms with van der Waals surface area (Å²) >= 11 is 0. The van der Waals surface area contributed by atoms with Crippen molar-refractivity contribution in [3.05, 3.63) is 35.4 Å². The second-order valence-electron chi connectivity index (χ2n) is 4.73. The van der Waals surface area contributed by atoms with Crippen LogP contribution in [0.4, 0.5) is 0 Å². The van der Waals surface area contributed by atoms with Crippen LogP contribution in [0.1, 0.15) is 37.8 Å². The number of hydrogen-bond donors (Lipinski definition) is 1. The van der Waals surface area contributed by atoms with Gasteiger partial charge in [0.05, 0.1) is 13.7 Å². The number of methoxy groups -OCH3 is 1. The lowest BCUT2D eigenvalue weighted by Gasteiger charge is -2.14. The van der Waals surface area contributed by atoms with E-state index in [0.717, 1.165) is 24.5 Å². The van der Waals surface area contributed by atoms with Crippen molar-refractivity contribution in [3.8, 4) is 5.75 Å². The van der Waals surface area contributed by atoms with Gasteiger partial charge in [-0.3, -0.25) is 4.79 Å². The number of rotatable bonds is 6. The van der Waals surface area contributed by atoms with Gasteiger partial charge in [-0.2, -0.15) is 0 Å². The Hall–Kier alpha value is -2.30. The van der Waals surface area contributed by atoms with Gasteiger partial charge in [0.25, 0.3) is 5.78 Å². The summed E-state index contributed by atoms with van der Waals surface area (Å²) in [7, 11) is 1.11. The van der Waals surface area contributed by atoms with Gasteiger partial charge < -0.3 is 14.6 Å². The molecule has 114 valence electrons. The first-order chi connectivity index (χ1) is 9.90. The summed E-state index contributed by atoms with van der Waals surface area (Å²) in [6.45, 7) is 6.44. The lowest BCUT2D eigenvalue weighted by atomic mass is 9.98. The highest BCUT2D eigenvalue weighted by atomic mass is 16.5. The zero-order valence-electron chi connectivity index (χ0n) is 12.7. The molecule has 0 atom stereocenters. The molecule has 1 aromatic rings. The van der Waals surface area contributed by atoms with E-state index in [4.69, 9.17) is 4.74 Å². The molecule has 0 aromatic heterocycles. The predicted octanol–water partition coefficient (Wildman–Crippen LogP) is 2.85. The number of ether oxygens (including phenoxy) is 2. The largest absolute Gasteiger partial charge is 0.507 e. The molecular weight excluding hydrogens is 272 g/mol. The third-order valence-corrected chi connectivity index (χ3v) is 2.88. The van der Waals surface area contributed by atoms with Crippen molar-refractivity contribution in [3.63, 3.8) is 0 Å². The molecule has 0 aliphatic rings. The number of carbonyl (C=O) groups is 2. The van der Waals surface area contributed by atoms with E-state index >= 15 is 0 Å². The van der Waals surface area contributed by atoms with Gasteiger partial charge in [-0.05, 0) is 36.6 Å². The van der Waals surface area contributed by atoms with Crippen LogP contribution >= 0.6 is 0 Å². The molecule has 0 unspecified atom stereocenters. The fourth-order valence-electron chi connectivity index (χ4n) is 1.81. The van der Waals surface area contributed by atoms with E-state index < -0.39 is 11.8 Å². The minimum absolute atomic E-state index is 0.190. The maximum atomic E-state index is 11.4. The molecule has 0 aliphatic heterocycles. The minimum atomic E-state index is -1.02. The molecule has 21 heavy (non-hydrogen) atoms. The van der Waals surface area contributed by atoms with Crippen molar-refractivity contribution in [2.45, 2.75) is 26.7 Å². The van der Waals surface area contributed by atoms with E-state index in [1.54, 1.807) is 18.2 Å². The lowest BCUT2D eigenvalue weighted by molar-refractivity contribution is -0.149. The quantitative estimate of drug-likeness (QED) is 0.378. The van der Waals surface area contributed by atoms with Crippen LogP contribution in [0, 0.1) is 0 Å². The second kappa shape index (κ2) is 7.47. The zero-order valence-corrected chi connectivity index (χ0v) is 12.7. The van der Waals surface area contributed by atoms with Crippen LogP contribution in [0.2, 0.25) is 0 Å². The standard InChI is InChI=1S/C16H20O5/c1-5-21-15-7-6-11(8-12(15)10(2)3)13(17)9-14(18)16(19)20-4/h6-10,17H,5H2,1-4H3/b13-9-. The SMILES string of the molecule is CCOc1ccc(/C(O)=C/C(=O)C(=O)OC)cc1C(C)C. The smallest absolute Gasteiger partial charge is 0.378 e. The van der Waals surface area contributed by atoms with Gasteiger partial charge in [0, 0.05) is 11.6 Å². The molecule has 0 amide bonds. The third kappa shape index (κ3) is 4.34. The van der Waals surface area contributed by atoms with Crippen LogP contribution < -0.4 is 4.74 Å². The van der Waals surface area contributed by atoms with Crippen LogP contribution in [0.3, 0.4) is 0 Å². The average molecular weight is 292 g/mol. The molecule has 0 saturated carbocycles. The number of hydrogen-bond acceptors (Lipinski definition) is 5. The zero-order chi connectivity index (χ0) is 16.0. The van der Waals surface area contributed by atoms with Crippen LogP contribution in [0.15, 0.2) is 24.3 Å². The minimum Gasteiger partial charge on any atom is -0.507 e. The molecule has 0 radical (unpaired) electrons. The summed E-state index contributed by atoms with van der Waals surface area (Å²) in [6, 6.07) is 5.11. The van der Waals surface area contributed by atoms with Gasteiger partial charge in [-0.15, -0.1) is 0 Å². The molecule has 0 fully saturated rings. The van der Waals surface area contributed by atoms with Crippen LogP contribution in [-0.2, 0) is 14.3 Å². The van der Waals surface area contributed by atoms with Crippen molar-refractivity contribution in [1.82, 2.24) is 0 Å². The molecule has 0 bridgehead atoms. The Morgan fingerprint density at radius 2 is 2.00 bits per heavy atom. The van der Waals surface area contributed by atoms with Crippen LogP contribution in [0.5, 0.6) is 5.75 Å². The number of aliphatic hydroxyl groups excluding tert-OH is 1. The second-order valence-corrected chi connectivity index (χ2v) is 4.73. The summed E-state index contributed by atoms with van der Waals surface area (Å²) < 4.78 is 9.83. The van der Waals surface area contributed by atoms with E-state index in [9.17, 15) is 14.7 Å². The van der Waals surface area contributed by atoms with Gasteiger partial charge in [-0.1, -0.05) is 13.8 Å². The Labute approximate surface area is 124 Å². The first kappa shape index (κ1) is 16.8. The highest BCUT2D eigenvalue weighted by molar-refractivity contribution is 6.39. The fraction of sp³-hybridized carbons (Fsp3) is 0.375. The van der Waals surface area contributed by atoms with Crippen LogP contribution in [-0.4, -0.2) is 30.6 Å². The Bertz CT molecular complexity index is 558. The monoisotopic (exact) mass is 292 g/mol. The molecule has 1 aromatic carbocycles. The average Bonchev–Trinajstić information content (AvgIpc) is 2.46. The van der Waals surface area contributed by atoms with E-state index in [-0.39, 0.29) is 11.7 Å². The van der Waals surface area contributed by atoms with E-state index in [1.807, 2.05) is 20.8 Å². The molecule has 1 rings (SSSR count). The summed E-state index contributed by atoms with van der Waals surface area (Å²) in [5, 5.41) is 9.95. The normalized spacial score (nSPS) is 11.4. The summed E-state index contributed by atoms with van der Waals surface area (Å²) in [6.07, 6.45) is 0.853. The summed E-state index contributed by atoms with van der Waals surface area (Å²) in [4.78, 5) is 22.5. The maximum absolute atomic E-state index is 11.4.